The summed E-state index contributed by atoms with van der Waals surface area (Å²) in [5.74, 6) is 2.70. The van der Waals surface area contributed by atoms with Gasteiger partial charge in [0.05, 0.1) is 12.7 Å². The number of amides is 1. The zero-order valence-corrected chi connectivity index (χ0v) is 18.3. The van der Waals surface area contributed by atoms with Crippen molar-refractivity contribution < 1.29 is 14.3 Å². The molecule has 1 aromatic rings. The Morgan fingerprint density at radius 1 is 1.21 bits per heavy atom. The number of hydrogen-bond acceptors (Lipinski definition) is 5. The molecular weight excluding hydrogens is 372 g/mol. The highest BCUT2D eigenvalue weighted by Gasteiger charge is 2.27. The van der Waals surface area contributed by atoms with E-state index in [0.717, 1.165) is 57.6 Å². The summed E-state index contributed by atoms with van der Waals surface area (Å²) in [6.45, 7) is 6.12. The molecule has 1 amide bonds. The molecule has 5 nitrogen and oxygen atoms in total. The van der Waals surface area contributed by atoms with Crippen LogP contribution in [0.25, 0.3) is 0 Å². The fourth-order valence-corrected chi connectivity index (χ4v) is 4.66. The number of nitrogens with zero attached hydrogens (tertiary/aromatic N) is 2. The zero-order valence-electron chi connectivity index (χ0n) is 17.5. The van der Waals surface area contributed by atoms with Crippen molar-refractivity contribution in [2.24, 2.45) is 0 Å². The molecule has 1 aromatic carbocycles. The highest BCUT2D eigenvalue weighted by atomic mass is 32.2. The highest BCUT2D eigenvalue weighted by molar-refractivity contribution is 7.98. The maximum absolute atomic E-state index is 12.9. The molecule has 0 unspecified atom stereocenters. The second kappa shape index (κ2) is 10.4. The second-order valence-corrected chi connectivity index (χ2v) is 8.83. The first-order valence-corrected chi connectivity index (χ1v) is 11.9. The van der Waals surface area contributed by atoms with Crippen LogP contribution in [0.4, 0.5) is 0 Å². The maximum Gasteiger partial charge on any atom is 0.257 e. The molecule has 0 radical (unpaired) electrons. The largest absolute Gasteiger partial charge is 0.497 e. The highest BCUT2D eigenvalue weighted by Crippen LogP contribution is 2.30. The van der Waals surface area contributed by atoms with Crippen LogP contribution in [-0.2, 0) is 0 Å². The third-order valence-electron chi connectivity index (χ3n) is 5.95. The molecule has 0 aliphatic carbocycles. The lowest BCUT2D eigenvalue weighted by Crippen LogP contribution is -2.43. The fraction of sp³-hybridized carbons (Fsp3) is 0.682. The minimum Gasteiger partial charge on any atom is -0.497 e. The molecule has 2 aliphatic heterocycles. The average Bonchev–Trinajstić information content (AvgIpc) is 3.27. The zero-order chi connectivity index (χ0) is 19.9. The van der Waals surface area contributed by atoms with E-state index in [1.807, 2.05) is 34.9 Å². The first-order chi connectivity index (χ1) is 13.6. The van der Waals surface area contributed by atoms with E-state index in [-0.39, 0.29) is 12.0 Å². The lowest BCUT2D eigenvalue weighted by molar-refractivity contribution is 0.0724. The van der Waals surface area contributed by atoms with E-state index in [2.05, 4.69) is 18.1 Å². The third-order valence-corrected chi connectivity index (χ3v) is 6.59. The first kappa shape index (κ1) is 21.3. The monoisotopic (exact) mass is 406 g/mol. The van der Waals surface area contributed by atoms with Crippen LogP contribution in [0.3, 0.4) is 0 Å². The molecular formula is C22H34N2O3S. The Labute approximate surface area is 173 Å². The smallest absolute Gasteiger partial charge is 0.257 e. The van der Waals surface area contributed by atoms with Gasteiger partial charge in [-0.2, -0.15) is 11.8 Å². The van der Waals surface area contributed by atoms with Crippen molar-refractivity contribution in [3.05, 3.63) is 23.8 Å². The lowest BCUT2D eigenvalue weighted by Gasteiger charge is -2.36. The van der Waals surface area contributed by atoms with Gasteiger partial charge in [0.15, 0.2) is 0 Å². The summed E-state index contributed by atoms with van der Waals surface area (Å²) < 4.78 is 11.7. The summed E-state index contributed by atoms with van der Waals surface area (Å²) >= 11 is 1.92. The summed E-state index contributed by atoms with van der Waals surface area (Å²) in [7, 11) is 1.65. The summed E-state index contributed by atoms with van der Waals surface area (Å²) in [6, 6.07) is 6.20. The number of piperidine rings is 1. The predicted molar refractivity (Wildman–Crippen MR) is 116 cm³/mol. The van der Waals surface area contributed by atoms with Crippen LogP contribution in [0, 0.1) is 0 Å². The normalized spacial score (nSPS) is 19.6. The Bertz CT molecular complexity index is 641. The summed E-state index contributed by atoms with van der Waals surface area (Å²) in [6.07, 6.45) is 7.73. The predicted octanol–water partition coefficient (Wildman–Crippen LogP) is 3.92. The van der Waals surface area contributed by atoms with E-state index in [9.17, 15) is 4.79 Å². The summed E-state index contributed by atoms with van der Waals surface area (Å²) in [5.41, 5.74) is 0.665. The van der Waals surface area contributed by atoms with Gasteiger partial charge in [-0.05, 0) is 63.2 Å². The van der Waals surface area contributed by atoms with Crippen LogP contribution in [0.1, 0.15) is 49.4 Å². The number of benzene rings is 1. The number of rotatable bonds is 8. The Balaban J connectivity index is 1.64. The molecule has 0 bridgehead atoms. The van der Waals surface area contributed by atoms with Crippen LogP contribution >= 0.6 is 11.8 Å². The molecule has 0 spiro atoms. The van der Waals surface area contributed by atoms with Crippen LogP contribution in [0.5, 0.6) is 11.5 Å². The van der Waals surface area contributed by atoms with Gasteiger partial charge in [-0.3, -0.25) is 4.79 Å². The van der Waals surface area contributed by atoms with Crippen molar-refractivity contribution in [3.8, 4) is 11.5 Å². The van der Waals surface area contributed by atoms with Gasteiger partial charge in [-0.25, -0.2) is 0 Å². The lowest BCUT2D eigenvalue weighted by atomic mass is 10.0. The molecule has 2 heterocycles. The van der Waals surface area contributed by atoms with Gasteiger partial charge in [-0.15, -0.1) is 0 Å². The minimum atomic E-state index is 0.0817. The molecule has 0 N–H and O–H groups in total. The molecule has 2 saturated heterocycles. The van der Waals surface area contributed by atoms with E-state index < -0.39 is 0 Å². The number of carbonyl (C=O) groups is 1. The van der Waals surface area contributed by atoms with Gasteiger partial charge in [0.2, 0.25) is 0 Å². The molecule has 0 saturated carbocycles. The van der Waals surface area contributed by atoms with Crippen LogP contribution in [-0.4, -0.2) is 73.2 Å². The molecule has 156 valence electrons. The van der Waals surface area contributed by atoms with E-state index in [4.69, 9.17) is 9.47 Å². The van der Waals surface area contributed by atoms with E-state index in [0.29, 0.717) is 17.4 Å². The molecule has 1 atom stereocenters. The maximum atomic E-state index is 12.9. The van der Waals surface area contributed by atoms with Crippen LogP contribution in [0.15, 0.2) is 18.2 Å². The Kier molecular flexibility index (Phi) is 7.91. The van der Waals surface area contributed by atoms with Gasteiger partial charge in [-0.1, -0.05) is 0 Å². The van der Waals surface area contributed by atoms with Crippen LogP contribution < -0.4 is 9.47 Å². The molecule has 28 heavy (non-hydrogen) atoms. The minimum absolute atomic E-state index is 0.0817. The first-order valence-electron chi connectivity index (χ1n) is 10.5. The van der Waals surface area contributed by atoms with Gasteiger partial charge in [0.1, 0.15) is 17.6 Å². The number of methoxy groups -OCH3 is 1. The average molecular weight is 407 g/mol. The van der Waals surface area contributed by atoms with E-state index in [1.165, 1.54) is 12.2 Å². The summed E-state index contributed by atoms with van der Waals surface area (Å²) in [4.78, 5) is 17.4. The molecule has 2 aliphatic rings. The topological polar surface area (TPSA) is 42.0 Å². The van der Waals surface area contributed by atoms with Crippen molar-refractivity contribution in [1.82, 2.24) is 9.80 Å². The van der Waals surface area contributed by atoms with Gasteiger partial charge < -0.3 is 19.3 Å². The van der Waals surface area contributed by atoms with Crippen LogP contribution in [0.2, 0.25) is 0 Å². The quantitative estimate of drug-likeness (QED) is 0.655. The van der Waals surface area contributed by atoms with Crippen molar-refractivity contribution in [2.75, 3.05) is 45.3 Å². The van der Waals surface area contributed by atoms with Gasteiger partial charge in [0.25, 0.3) is 5.91 Å². The Morgan fingerprint density at radius 3 is 2.57 bits per heavy atom. The van der Waals surface area contributed by atoms with E-state index >= 15 is 0 Å². The van der Waals surface area contributed by atoms with Crippen molar-refractivity contribution in [1.29, 1.82) is 0 Å². The van der Waals surface area contributed by atoms with Crippen molar-refractivity contribution in [3.63, 3.8) is 0 Å². The molecule has 3 rings (SSSR count). The number of thioether (sulfide) groups is 1. The van der Waals surface area contributed by atoms with Crippen molar-refractivity contribution >= 4 is 17.7 Å². The standard InChI is InChI=1S/C22H34N2O3S/c1-17(10-15-28-3)23-13-8-18(9-14-23)27-21-16-19(26-2)6-7-20(21)22(25)24-11-4-5-12-24/h6-7,16-18H,4-5,8-15H2,1-3H3/t17-/m1/s1. The number of carbonyl (C=O) groups excluding carboxylic acids is 1. The van der Waals surface area contributed by atoms with Crippen molar-refractivity contribution in [2.45, 2.75) is 51.2 Å². The number of ether oxygens (including phenoxy) is 2. The van der Waals surface area contributed by atoms with Gasteiger partial charge in [0, 0.05) is 38.3 Å². The number of hydrogen-bond donors (Lipinski definition) is 0. The SMILES string of the molecule is COc1ccc(C(=O)N2CCCC2)c(OC2CCN([C@H](C)CCSC)CC2)c1. The number of likely N-dealkylation sites (tertiary alicyclic amines) is 2. The Morgan fingerprint density at radius 2 is 1.93 bits per heavy atom. The molecule has 6 heteroatoms. The second-order valence-electron chi connectivity index (χ2n) is 7.85. The third kappa shape index (κ3) is 5.35. The summed E-state index contributed by atoms with van der Waals surface area (Å²) in [5, 5.41) is 0. The molecule has 0 aromatic heterocycles. The fourth-order valence-electron chi connectivity index (χ4n) is 4.08. The van der Waals surface area contributed by atoms with Gasteiger partial charge >= 0.3 is 0 Å². The molecule has 2 fully saturated rings. The van der Waals surface area contributed by atoms with E-state index in [1.54, 1.807) is 7.11 Å². The Hall–Kier alpha value is -1.40.